The van der Waals surface area contributed by atoms with Crippen LogP contribution in [0.4, 0.5) is 0 Å². The highest BCUT2D eigenvalue weighted by atomic mass is 16.5. The maximum atomic E-state index is 9.60. The van der Waals surface area contributed by atoms with E-state index >= 15 is 0 Å². The fourth-order valence-corrected chi connectivity index (χ4v) is 3.92. The van der Waals surface area contributed by atoms with Crippen LogP contribution in [0.2, 0.25) is 0 Å². The molecule has 1 atom stereocenters. The van der Waals surface area contributed by atoms with Crippen molar-refractivity contribution in [3.8, 4) is 0 Å². The van der Waals surface area contributed by atoms with Crippen molar-refractivity contribution in [2.75, 3.05) is 39.4 Å². The van der Waals surface area contributed by atoms with Gasteiger partial charge in [0.15, 0.2) is 0 Å². The van der Waals surface area contributed by atoms with Gasteiger partial charge in [0, 0.05) is 43.8 Å². The molecule has 0 aliphatic carbocycles. The molecule has 2 aliphatic heterocycles. The molecule has 130 valence electrons. The number of likely N-dealkylation sites (tertiary alicyclic amines) is 1. The first-order chi connectivity index (χ1) is 11.0. The van der Waals surface area contributed by atoms with Crippen molar-refractivity contribution in [1.82, 2.24) is 15.0 Å². The van der Waals surface area contributed by atoms with Crippen molar-refractivity contribution in [2.24, 2.45) is 0 Å². The van der Waals surface area contributed by atoms with Crippen molar-refractivity contribution >= 4 is 0 Å². The normalized spacial score (nSPS) is 24.2. The van der Waals surface area contributed by atoms with E-state index in [0.29, 0.717) is 0 Å². The summed E-state index contributed by atoms with van der Waals surface area (Å²) in [6, 6.07) is 0. The Kier molecular flexibility index (Phi) is 5.06. The lowest BCUT2D eigenvalue weighted by Gasteiger charge is -2.51. The molecule has 2 fully saturated rings. The molecule has 2 saturated heterocycles. The van der Waals surface area contributed by atoms with Crippen LogP contribution in [-0.2, 0) is 11.3 Å². The second kappa shape index (κ2) is 6.89. The number of aromatic nitrogens is 1. The van der Waals surface area contributed by atoms with E-state index in [9.17, 15) is 5.11 Å². The van der Waals surface area contributed by atoms with Crippen LogP contribution in [0, 0.1) is 13.8 Å². The van der Waals surface area contributed by atoms with Gasteiger partial charge in [0.05, 0.1) is 25.0 Å². The molecular weight excluding hydrogens is 294 g/mol. The molecule has 1 spiro atoms. The van der Waals surface area contributed by atoms with E-state index in [1.165, 1.54) is 5.56 Å². The molecule has 0 unspecified atom stereocenters. The van der Waals surface area contributed by atoms with Crippen LogP contribution in [-0.4, -0.2) is 71.1 Å². The Hall–Kier alpha value is -0.950. The van der Waals surface area contributed by atoms with Gasteiger partial charge in [-0.05, 0) is 33.6 Å². The standard InChI is InChI=1S/C17H29N3O3/c1-13(21)10-19-6-4-17(5-7-19)12-22-9-8-20(17)11-16-14(2)18-23-15(16)3/h13,21H,4-12H2,1-3H3/t13-/m1/s1. The number of ether oxygens (including phenoxy) is 1. The summed E-state index contributed by atoms with van der Waals surface area (Å²) < 4.78 is 11.2. The van der Waals surface area contributed by atoms with E-state index in [4.69, 9.17) is 9.26 Å². The highest BCUT2D eigenvalue weighted by molar-refractivity contribution is 5.21. The summed E-state index contributed by atoms with van der Waals surface area (Å²) in [5.74, 6) is 0.927. The molecule has 0 saturated carbocycles. The van der Waals surface area contributed by atoms with Crippen molar-refractivity contribution in [1.29, 1.82) is 0 Å². The van der Waals surface area contributed by atoms with Crippen LogP contribution >= 0.6 is 0 Å². The van der Waals surface area contributed by atoms with Crippen LogP contribution in [0.15, 0.2) is 4.52 Å². The average Bonchev–Trinajstić information content (AvgIpc) is 2.83. The van der Waals surface area contributed by atoms with Crippen molar-refractivity contribution in [3.63, 3.8) is 0 Å². The van der Waals surface area contributed by atoms with Gasteiger partial charge in [0.25, 0.3) is 0 Å². The Labute approximate surface area is 138 Å². The van der Waals surface area contributed by atoms with E-state index in [1.54, 1.807) is 0 Å². The molecule has 23 heavy (non-hydrogen) atoms. The van der Waals surface area contributed by atoms with E-state index in [2.05, 4.69) is 15.0 Å². The third kappa shape index (κ3) is 3.60. The fraction of sp³-hybridized carbons (Fsp3) is 0.824. The van der Waals surface area contributed by atoms with Crippen molar-refractivity contribution in [3.05, 3.63) is 17.0 Å². The minimum Gasteiger partial charge on any atom is -0.392 e. The van der Waals surface area contributed by atoms with E-state index in [0.717, 1.165) is 70.2 Å². The molecule has 1 aromatic rings. The second-order valence-electron chi connectivity index (χ2n) is 7.15. The quantitative estimate of drug-likeness (QED) is 0.902. The molecule has 2 aliphatic rings. The predicted octanol–water partition coefficient (Wildman–Crippen LogP) is 1.34. The topological polar surface area (TPSA) is 62.0 Å². The molecule has 3 rings (SSSR count). The monoisotopic (exact) mass is 323 g/mol. The summed E-state index contributed by atoms with van der Waals surface area (Å²) in [4.78, 5) is 4.93. The Morgan fingerprint density at radius 1 is 1.26 bits per heavy atom. The summed E-state index contributed by atoms with van der Waals surface area (Å²) in [6.45, 7) is 12.1. The predicted molar refractivity (Wildman–Crippen MR) is 87.3 cm³/mol. The van der Waals surface area contributed by atoms with Gasteiger partial charge in [-0.15, -0.1) is 0 Å². The van der Waals surface area contributed by atoms with Gasteiger partial charge < -0.3 is 19.3 Å². The van der Waals surface area contributed by atoms with Gasteiger partial charge in [-0.1, -0.05) is 5.16 Å². The molecule has 1 aromatic heterocycles. The van der Waals surface area contributed by atoms with Gasteiger partial charge in [-0.25, -0.2) is 0 Å². The third-order valence-electron chi connectivity index (χ3n) is 5.39. The van der Waals surface area contributed by atoms with Crippen LogP contribution < -0.4 is 0 Å². The number of aliphatic hydroxyl groups excluding tert-OH is 1. The van der Waals surface area contributed by atoms with Gasteiger partial charge in [0.2, 0.25) is 0 Å². The van der Waals surface area contributed by atoms with Gasteiger partial charge in [-0.3, -0.25) is 4.90 Å². The summed E-state index contributed by atoms with van der Waals surface area (Å²) >= 11 is 0. The number of piperidine rings is 1. The smallest absolute Gasteiger partial charge is 0.138 e. The first-order valence-electron chi connectivity index (χ1n) is 8.65. The number of morpholine rings is 1. The lowest BCUT2D eigenvalue weighted by atomic mass is 9.84. The van der Waals surface area contributed by atoms with E-state index in [1.807, 2.05) is 20.8 Å². The molecule has 0 amide bonds. The molecular formula is C17H29N3O3. The third-order valence-corrected chi connectivity index (χ3v) is 5.39. The maximum absolute atomic E-state index is 9.60. The molecule has 0 bridgehead atoms. The van der Waals surface area contributed by atoms with Gasteiger partial charge in [-0.2, -0.15) is 0 Å². The number of hydrogen-bond acceptors (Lipinski definition) is 6. The lowest BCUT2D eigenvalue weighted by Crippen LogP contribution is -2.61. The number of nitrogens with zero attached hydrogens (tertiary/aromatic N) is 3. The number of β-amino-alcohol motifs (C(OH)–C–C–N with tert-alkyl or cyclic N) is 1. The zero-order valence-electron chi connectivity index (χ0n) is 14.5. The largest absolute Gasteiger partial charge is 0.392 e. The van der Waals surface area contributed by atoms with Crippen LogP contribution in [0.1, 0.15) is 36.8 Å². The molecule has 6 heteroatoms. The SMILES string of the molecule is Cc1noc(C)c1CN1CCOCC12CCN(C[C@@H](C)O)CC2. The minimum absolute atomic E-state index is 0.115. The average molecular weight is 323 g/mol. The highest BCUT2D eigenvalue weighted by Gasteiger charge is 2.42. The maximum Gasteiger partial charge on any atom is 0.138 e. The molecule has 1 N–H and O–H groups in total. The minimum atomic E-state index is -0.259. The first kappa shape index (κ1) is 16.9. The lowest BCUT2D eigenvalue weighted by molar-refractivity contribution is -0.101. The second-order valence-corrected chi connectivity index (χ2v) is 7.15. The van der Waals surface area contributed by atoms with Gasteiger partial charge >= 0.3 is 0 Å². The molecule has 6 nitrogen and oxygen atoms in total. The summed E-state index contributed by atoms with van der Waals surface area (Å²) in [6.07, 6.45) is 1.91. The Bertz CT molecular complexity index is 502. The molecule has 0 aromatic carbocycles. The van der Waals surface area contributed by atoms with Crippen molar-refractivity contribution in [2.45, 2.75) is 51.8 Å². The number of aliphatic hydroxyl groups is 1. The molecule has 3 heterocycles. The van der Waals surface area contributed by atoms with Gasteiger partial charge in [0.1, 0.15) is 5.76 Å². The highest BCUT2D eigenvalue weighted by Crippen LogP contribution is 2.34. The first-order valence-corrected chi connectivity index (χ1v) is 8.65. The Morgan fingerprint density at radius 2 is 2.00 bits per heavy atom. The summed E-state index contributed by atoms with van der Waals surface area (Å²) in [7, 11) is 0. The van der Waals surface area contributed by atoms with Crippen molar-refractivity contribution < 1.29 is 14.4 Å². The van der Waals surface area contributed by atoms with E-state index in [-0.39, 0.29) is 11.6 Å². The fourth-order valence-electron chi connectivity index (χ4n) is 3.92. The number of rotatable bonds is 4. The number of aryl methyl sites for hydroxylation is 2. The summed E-state index contributed by atoms with van der Waals surface area (Å²) in [5, 5.41) is 13.7. The Morgan fingerprint density at radius 3 is 2.61 bits per heavy atom. The Balaban J connectivity index is 1.70. The zero-order valence-corrected chi connectivity index (χ0v) is 14.5. The van der Waals surface area contributed by atoms with E-state index < -0.39 is 0 Å². The zero-order chi connectivity index (χ0) is 16.4. The number of hydrogen-bond donors (Lipinski definition) is 1. The summed E-state index contributed by atoms with van der Waals surface area (Å²) in [5.41, 5.74) is 2.33. The van der Waals surface area contributed by atoms with Crippen LogP contribution in [0.5, 0.6) is 0 Å². The van der Waals surface area contributed by atoms with Crippen LogP contribution in [0.3, 0.4) is 0 Å². The van der Waals surface area contributed by atoms with Crippen LogP contribution in [0.25, 0.3) is 0 Å². The molecule has 0 radical (unpaired) electrons.